The third kappa shape index (κ3) is 11.4. The van der Waals surface area contributed by atoms with Gasteiger partial charge in [0.2, 0.25) is 0 Å². The van der Waals surface area contributed by atoms with Crippen LogP contribution in [0.15, 0.2) is 30.3 Å². The fourth-order valence-corrected chi connectivity index (χ4v) is 1.83. The third-order valence-corrected chi connectivity index (χ3v) is 2.99. The standard InChI is InChI=1S/C19H25NO7/c1-19(2,3)27-17(23)10-9-16(22)26-13-15(21)20-11-18(24)25-12-14-7-5-4-6-8-14/h4-8H,9-13H2,1-3H3,(H,20,21). The van der Waals surface area contributed by atoms with Crippen LogP contribution in [-0.4, -0.2) is 42.6 Å². The smallest absolute Gasteiger partial charge is 0.325 e. The van der Waals surface area contributed by atoms with Crippen molar-refractivity contribution in [2.24, 2.45) is 0 Å². The van der Waals surface area contributed by atoms with Crippen LogP contribution < -0.4 is 5.32 Å². The van der Waals surface area contributed by atoms with Crippen LogP contribution in [0.25, 0.3) is 0 Å². The number of carbonyl (C=O) groups excluding carboxylic acids is 4. The zero-order chi connectivity index (χ0) is 20.3. The Morgan fingerprint density at radius 1 is 0.889 bits per heavy atom. The zero-order valence-electron chi connectivity index (χ0n) is 15.8. The number of hydrogen-bond acceptors (Lipinski definition) is 7. The molecule has 0 bridgehead atoms. The van der Waals surface area contributed by atoms with Crippen molar-refractivity contribution < 1.29 is 33.4 Å². The molecule has 0 aliphatic heterocycles. The van der Waals surface area contributed by atoms with Gasteiger partial charge in [0, 0.05) is 0 Å². The second kappa shape index (κ2) is 10.9. The molecule has 8 nitrogen and oxygen atoms in total. The predicted octanol–water partition coefficient (Wildman–Crippen LogP) is 1.51. The fourth-order valence-electron chi connectivity index (χ4n) is 1.83. The number of amides is 1. The summed E-state index contributed by atoms with van der Waals surface area (Å²) in [5.74, 6) is -2.48. The van der Waals surface area contributed by atoms with E-state index in [2.05, 4.69) is 5.32 Å². The lowest BCUT2D eigenvalue weighted by molar-refractivity contribution is -0.158. The van der Waals surface area contributed by atoms with E-state index in [-0.39, 0.29) is 26.0 Å². The lowest BCUT2D eigenvalue weighted by atomic mass is 10.2. The maximum Gasteiger partial charge on any atom is 0.325 e. The van der Waals surface area contributed by atoms with Gasteiger partial charge in [-0.25, -0.2) is 0 Å². The molecule has 1 aromatic carbocycles. The molecule has 0 aliphatic rings. The summed E-state index contributed by atoms with van der Waals surface area (Å²) >= 11 is 0. The maximum atomic E-state index is 11.6. The molecule has 1 aromatic rings. The van der Waals surface area contributed by atoms with E-state index in [0.29, 0.717) is 0 Å². The minimum Gasteiger partial charge on any atom is -0.460 e. The van der Waals surface area contributed by atoms with Gasteiger partial charge < -0.3 is 19.5 Å². The van der Waals surface area contributed by atoms with E-state index in [4.69, 9.17) is 14.2 Å². The number of ether oxygens (including phenoxy) is 3. The first-order chi connectivity index (χ1) is 12.7. The van der Waals surface area contributed by atoms with E-state index in [0.717, 1.165) is 5.56 Å². The largest absolute Gasteiger partial charge is 0.460 e. The van der Waals surface area contributed by atoms with Crippen LogP contribution in [0.3, 0.4) is 0 Å². The van der Waals surface area contributed by atoms with Crippen LogP contribution in [0.4, 0.5) is 0 Å². The number of benzene rings is 1. The monoisotopic (exact) mass is 379 g/mol. The number of nitrogens with one attached hydrogen (secondary N) is 1. The van der Waals surface area contributed by atoms with Crippen molar-refractivity contribution in [1.82, 2.24) is 5.32 Å². The molecule has 0 fully saturated rings. The van der Waals surface area contributed by atoms with E-state index in [1.807, 2.05) is 30.3 Å². The first-order valence-electron chi connectivity index (χ1n) is 8.49. The van der Waals surface area contributed by atoms with Gasteiger partial charge in [-0.3, -0.25) is 19.2 Å². The molecule has 27 heavy (non-hydrogen) atoms. The van der Waals surface area contributed by atoms with Gasteiger partial charge in [-0.15, -0.1) is 0 Å². The van der Waals surface area contributed by atoms with Gasteiger partial charge in [0.05, 0.1) is 12.8 Å². The second-order valence-electron chi connectivity index (χ2n) is 6.67. The summed E-state index contributed by atoms with van der Waals surface area (Å²) in [5, 5.41) is 2.29. The molecular formula is C19H25NO7. The van der Waals surface area contributed by atoms with E-state index in [9.17, 15) is 19.2 Å². The molecule has 8 heteroatoms. The summed E-state index contributed by atoms with van der Waals surface area (Å²) in [7, 11) is 0. The first kappa shape index (κ1) is 22.1. The second-order valence-corrected chi connectivity index (χ2v) is 6.67. The van der Waals surface area contributed by atoms with Gasteiger partial charge in [0.15, 0.2) is 6.61 Å². The molecule has 1 rings (SSSR count). The number of carbonyl (C=O) groups is 4. The molecule has 1 N–H and O–H groups in total. The Hall–Kier alpha value is -2.90. The van der Waals surface area contributed by atoms with Crippen LogP contribution >= 0.6 is 0 Å². The molecule has 148 valence electrons. The Labute approximate surface area is 158 Å². The van der Waals surface area contributed by atoms with Gasteiger partial charge in [0.1, 0.15) is 18.8 Å². The molecule has 0 spiro atoms. The van der Waals surface area contributed by atoms with E-state index in [1.54, 1.807) is 20.8 Å². The Balaban J connectivity index is 2.14. The average molecular weight is 379 g/mol. The minimum atomic E-state index is -0.706. The summed E-state index contributed by atoms with van der Waals surface area (Å²) in [5.41, 5.74) is 0.201. The average Bonchev–Trinajstić information content (AvgIpc) is 2.60. The Kier molecular flexibility index (Phi) is 8.98. The summed E-state index contributed by atoms with van der Waals surface area (Å²) in [6, 6.07) is 9.11. The van der Waals surface area contributed by atoms with Gasteiger partial charge >= 0.3 is 17.9 Å². The van der Waals surface area contributed by atoms with E-state index in [1.165, 1.54) is 0 Å². The lowest BCUT2D eigenvalue weighted by Gasteiger charge is -2.19. The topological polar surface area (TPSA) is 108 Å². The molecule has 0 aromatic heterocycles. The van der Waals surface area contributed by atoms with Crippen LogP contribution in [0.5, 0.6) is 0 Å². The van der Waals surface area contributed by atoms with Crippen LogP contribution in [0.1, 0.15) is 39.2 Å². The molecule has 0 saturated heterocycles. The quantitative estimate of drug-likeness (QED) is 0.512. The van der Waals surface area contributed by atoms with Gasteiger partial charge in [0.25, 0.3) is 5.91 Å². The van der Waals surface area contributed by atoms with Crippen molar-refractivity contribution in [3.8, 4) is 0 Å². The highest BCUT2D eigenvalue weighted by atomic mass is 16.6. The lowest BCUT2D eigenvalue weighted by Crippen LogP contribution is -2.34. The molecule has 0 heterocycles. The maximum absolute atomic E-state index is 11.6. The summed E-state index contributed by atoms with van der Waals surface area (Å²) < 4.78 is 14.8. The van der Waals surface area contributed by atoms with Gasteiger partial charge in [-0.2, -0.15) is 0 Å². The SMILES string of the molecule is CC(C)(C)OC(=O)CCC(=O)OCC(=O)NCC(=O)OCc1ccccc1. The number of esters is 3. The van der Waals surface area contributed by atoms with Crippen molar-refractivity contribution in [1.29, 1.82) is 0 Å². The molecule has 0 radical (unpaired) electrons. The Bertz CT molecular complexity index is 650. The third-order valence-electron chi connectivity index (χ3n) is 2.99. The first-order valence-corrected chi connectivity index (χ1v) is 8.49. The molecule has 0 saturated carbocycles. The number of rotatable bonds is 9. The normalized spacial score (nSPS) is 10.6. The minimum absolute atomic E-state index is 0.106. The molecule has 0 aliphatic carbocycles. The highest BCUT2D eigenvalue weighted by Crippen LogP contribution is 2.09. The van der Waals surface area contributed by atoms with Crippen molar-refractivity contribution in [3.05, 3.63) is 35.9 Å². The number of hydrogen-bond donors (Lipinski definition) is 1. The molecule has 1 amide bonds. The van der Waals surface area contributed by atoms with Gasteiger partial charge in [-0.1, -0.05) is 30.3 Å². The van der Waals surface area contributed by atoms with Crippen LogP contribution in [0, 0.1) is 0 Å². The van der Waals surface area contributed by atoms with Crippen LogP contribution in [0.2, 0.25) is 0 Å². The van der Waals surface area contributed by atoms with Gasteiger partial charge in [-0.05, 0) is 26.3 Å². The predicted molar refractivity (Wildman–Crippen MR) is 95.3 cm³/mol. The zero-order valence-corrected chi connectivity index (χ0v) is 15.8. The van der Waals surface area contributed by atoms with Crippen LogP contribution in [-0.2, 0) is 40.0 Å². The highest BCUT2D eigenvalue weighted by molar-refractivity contribution is 5.85. The van der Waals surface area contributed by atoms with Crippen molar-refractivity contribution in [2.75, 3.05) is 13.2 Å². The highest BCUT2D eigenvalue weighted by Gasteiger charge is 2.18. The molecular weight excluding hydrogens is 354 g/mol. The molecule has 0 atom stereocenters. The Morgan fingerprint density at radius 3 is 2.15 bits per heavy atom. The molecule has 0 unspecified atom stereocenters. The van der Waals surface area contributed by atoms with E-state index >= 15 is 0 Å². The summed E-state index contributed by atoms with van der Waals surface area (Å²) in [4.78, 5) is 46.1. The summed E-state index contributed by atoms with van der Waals surface area (Å²) in [6.45, 7) is 4.39. The van der Waals surface area contributed by atoms with Crippen molar-refractivity contribution in [3.63, 3.8) is 0 Å². The Morgan fingerprint density at radius 2 is 1.52 bits per heavy atom. The summed E-state index contributed by atoms with van der Waals surface area (Å²) in [6.07, 6.45) is -0.329. The van der Waals surface area contributed by atoms with Crippen molar-refractivity contribution >= 4 is 23.8 Å². The van der Waals surface area contributed by atoms with Crippen molar-refractivity contribution in [2.45, 2.75) is 45.8 Å². The van der Waals surface area contributed by atoms with E-state index < -0.39 is 36.0 Å². The fraction of sp³-hybridized carbons (Fsp3) is 0.474.